The average molecular weight is 451 g/mol. The summed E-state index contributed by atoms with van der Waals surface area (Å²) in [6.07, 6.45) is 0.161. The number of hydrogen-bond acceptors (Lipinski definition) is 7. The lowest BCUT2D eigenvalue weighted by atomic mass is 10.2. The first-order valence-corrected chi connectivity index (χ1v) is 10.4. The van der Waals surface area contributed by atoms with Crippen molar-refractivity contribution < 1.29 is 19.5 Å². The molecule has 0 saturated heterocycles. The number of carbonyl (C=O) groups excluding carboxylic acids is 3. The number of nitrogens with zero attached hydrogens (tertiary/aromatic N) is 1. The average Bonchev–Trinajstić information content (AvgIpc) is 3.34. The summed E-state index contributed by atoms with van der Waals surface area (Å²) in [6, 6.07) is 7.75. The Kier molecular flexibility index (Phi) is 6.81. The molecule has 0 spiro atoms. The second-order valence-corrected chi connectivity index (χ2v) is 8.12. The van der Waals surface area contributed by atoms with Gasteiger partial charge in [0, 0.05) is 15.3 Å². The van der Waals surface area contributed by atoms with Gasteiger partial charge in [-0.05, 0) is 29.6 Å². The van der Waals surface area contributed by atoms with Crippen molar-refractivity contribution in [3.05, 3.63) is 62.2 Å². The first-order valence-electron chi connectivity index (χ1n) is 8.25. The van der Waals surface area contributed by atoms with E-state index < -0.39 is 11.8 Å². The van der Waals surface area contributed by atoms with Gasteiger partial charge in [0.05, 0.1) is 24.1 Å². The van der Waals surface area contributed by atoms with Gasteiger partial charge < -0.3 is 10.4 Å². The molecule has 0 aliphatic heterocycles. The van der Waals surface area contributed by atoms with Crippen LogP contribution >= 0.6 is 34.3 Å². The van der Waals surface area contributed by atoms with E-state index in [9.17, 15) is 19.5 Å². The highest BCUT2D eigenvalue weighted by atomic mass is 35.5. The van der Waals surface area contributed by atoms with E-state index in [1.54, 1.807) is 5.38 Å². The molecule has 0 fully saturated rings. The zero-order chi connectivity index (χ0) is 20.8. The van der Waals surface area contributed by atoms with Crippen LogP contribution in [-0.2, 0) is 22.4 Å². The second kappa shape index (κ2) is 9.50. The van der Waals surface area contributed by atoms with Gasteiger partial charge >= 0.3 is 0 Å². The minimum Gasteiger partial charge on any atom is -0.507 e. The van der Waals surface area contributed by atoms with E-state index in [0.29, 0.717) is 10.8 Å². The molecule has 0 atom stereocenters. The van der Waals surface area contributed by atoms with Gasteiger partial charge in [0.25, 0.3) is 5.91 Å². The van der Waals surface area contributed by atoms with E-state index in [4.69, 9.17) is 11.6 Å². The van der Waals surface area contributed by atoms with Crippen molar-refractivity contribution in [2.75, 3.05) is 5.32 Å². The predicted molar refractivity (Wildman–Crippen MR) is 111 cm³/mol. The highest BCUT2D eigenvalue weighted by molar-refractivity contribution is 7.14. The number of nitrogens with one attached hydrogen (secondary N) is 3. The molecular formula is C18H15ClN4O4S2. The Labute approximate surface area is 178 Å². The molecule has 150 valence electrons. The predicted octanol–water partition coefficient (Wildman–Crippen LogP) is 2.75. The third-order valence-corrected chi connectivity index (χ3v) is 5.49. The largest absolute Gasteiger partial charge is 0.507 e. The number of halogens is 1. The number of thiophene rings is 1. The van der Waals surface area contributed by atoms with Crippen molar-refractivity contribution in [1.82, 2.24) is 15.8 Å². The number of hydrazine groups is 1. The molecule has 3 amide bonds. The zero-order valence-corrected chi connectivity index (χ0v) is 17.2. The molecule has 0 saturated carbocycles. The van der Waals surface area contributed by atoms with Gasteiger partial charge in [0.15, 0.2) is 5.13 Å². The van der Waals surface area contributed by atoms with Crippen molar-refractivity contribution in [2.24, 2.45) is 0 Å². The number of carbonyl (C=O) groups is 3. The Morgan fingerprint density at radius 1 is 1.07 bits per heavy atom. The Morgan fingerprint density at radius 2 is 1.90 bits per heavy atom. The third-order valence-electron chi connectivity index (χ3n) is 3.57. The van der Waals surface area contributed by atoms with Crippen molar-refractivity contribution >= 4 is 57.1 Å². The number of aromatic nitrogens is 1. The van der Waals surface area contributed by atoms with Gasteiger partial charge in [0.1, 0.15) is 5.75 Å². The number of phenols is 1. The van der Waals surface area contributed by atoms with Crippen LogP contribution in [0.2, 0.25) is 5.02 Å². The van der Waals surface area contributed by atoms with E-state index >= 15 is 0 Å². The topological polar surface area (TPSA) is 120 Å². The molecule has 2 aromatic heterocycles. The summed E-state index contributed by atoms with van der Waals surface area (Å²) in [4.78, 5) is 41.1. The Balaban J connectivity index is 1.48. The van der Waals surface area contributed by atoms with Crippen LogP contribution in [-0.4, -0.2) is 27.8 Å². The number of aromatic hydroxyl groups is 1. The minimum absolute atomic E-state index is 0.0674. The monoisotopic (exact) mass is 450 g/mol. The van der Waals surface area contributed by atoms with E-state index in [1.165, 1.54) is 40.9 Å². The van der Waals surface area contributed by atoms with Crippen LogP contribution < -0.4 is 16.2 Å². The zero-order valence-electron chi connectivity index (χ0n) is 14.8. The molecule has 0 bridgehead atoms. The van der Waals surface area contributed by atoms with Crippen molar-refractivity contribution in [1.29, 1.82) is 0 Å². The summed E-state index contributed by atoms with van der Waals surface area (Å²) in [5, 5.41) is 16.6. The molecule has 29 heavy (non-hydrogen) atoms. The van der Waals surface area contributed by atoms with Crippen LogP contribution in [0, 0.1) is 0 Å². The number of anilines is 1. The molecule has 4 N–H and O–H groups in total. The molecule has 0 aliphatic carbocycles. The second-order valence-electron chi connectivity index (χ2n) is 5.79. The maximum Gasteiger partial charge on any atom is 0.273 e. The highest BCUT2D eigenvalue weighted by Gasteiger charge is 2.14. The third kappa shape index (κ3) is 6.01. The van der Waals surface area contributed by atoms with Gasteiger partial charge in [-0.1, -0.05) is 17.7 Å². The summed E-state index contributed by atoms with van der Waals surface area (Å²) >= 11 is 8.49. The number of benzene rings is 1. The standard InChI is InChI=1S/C18H15ClN4O4S2/c19-10-3-4-14(24)13(6-10)17(27)23-22-16(26)7-11-9-29-18(20-11)21-15(25)8-12-2-1-5-28-12/h1-6,9,24H,7-8H2,(H,22,26)(H,23,27)(H,20,21,25). The van der Waals surface area contributed by atoms with Crippen LogP contribution in [0.15, 0.2) is 41.1 Å². The SMILES string of the molecule is O=C(Cc1csc(NC(=O)Cc2cccs2)n1)NNC(=O)c1cc(Cl)ccc1O. The van der Waals surface area contributed by atoms with Crippen molar-refractivity contribution in [3.63, 3.8) is 0 Å². The van der Waals surface area contributed by atoms with Gasteiger partial charge in [0.2, 0.25) is 11.8 Å². The van der Waals surface area contributed by atoms with Crippen LogP contribution in [0.1, 0.15) is 20.9 Å². The summed E-state index contributed by atoms with van der Waals surface area (Å²) in [5.41, 5.74) is 4.82. The first-order chi connectivity index (χ1) is 13.9. The molecule has 8 nitrogen and oxygen atoms in total. The van der Waals surface area contributed by atoms with Crippen molar-refractivity contribution in [3.8, 4) is 5.75 Å². The Hall–Kier alpha value is -2.95. The van der Waals surface area contributed by atoms with E-state index in [1.807, 2.05) is 17.5 Å². The Morgan fingerprint density at radius 3 is 2.66 bits per heavy atom. The smallest absolute Gasteiger partial charge is 0.273 e. The number of rotatable bonds is 6. The maximum atomic E-state index is 12.0. The molecule has 3 aromatic rings. The molecular weight excluding hydrogens is 436 g/mol. The van der Waals surface area contributed by atoms with Gasteiger partial charge in [-0.25, -0.2) is 4.98 Å². The number of phenolic OH excluding ortho intramolecular Hbond substituents is 1. The minimum atomic E-state index is -0.710. The van der Waals surface area contributed by atoms with Gasteiger partial charge in [-0.3, -0.25) is 25.2 Å². The molecule has 3 rings (SSSR count). The fraction of sp³-hybridized carbons (Fsp3) is 0.111. The summed E-state index contributed by atoms with van der Waals surface area (Å²) in [5.74, 6) is -1.67. The fourth-order valence-electron chi connectivity index (χ4n) is 2.27. The van der Waals surface area contributed by atoms with Gasteiger partial charge in [-0.2, -0.15) is 0 Å². The molecule has 1 aromatic carbocycles. The van der Waals surface area contributed by atoms with E-state index in [-0.39, 0.29) is 35.1 Å². The van der Waals surface area contributed by atoms with Crippen LogP contribution in [0.3, 0.4) is 0 Å². The normalized spacial score (nSPS) is 10.4. The number of thiazole rings is 1. The quantitative estimate of drug-likeness (QED) is 0.430. The lowest BCUT2D eigenvalue weighted by molar-refractivity contribution is -0.121. The first kappa shape index (κ1) is 20.8. The Bertz CT molecular complexity index is 1040. The summed E-state index contributed by atoms with van der Waals surface area (Å²) in [6.45, 7) is 0. The van der Waals surface area contributed by atoms with Crippen LogP contribution in [0.5, 0.6) is 5.75 Å². The van der Waals surface area contributed by atoms with E-state index in [0.717, 1.165) is 4.88 Å². The van der Waals surface area contributed by atoms with Crippen molar-refractivity contribution in [2.45, 2.75) is 12.8 Å². The highest BCUT2D eigenvalue weighted by Crippen LogP contribution is 2.21. The maximum absolute atomic E-state index is 12.0. The summed E-state index contributed by atoms with van der Waals surface area (Å²) in [7, 11) is 0. The number of amides is 3. The summed E-state index contributed by atoms with van der Waals surface area (Å²) < 4.78 is 0. The molecule has 2 heterocycles. The lowest BCUT2D eigenvalue weighted by Gasteiger charge is -2.08. The molecule has 0 unspecified atom stereocenters. The van der Waals surface area contributed by atoms with E-state index in [2.05, 4.69) is 21.2 Å². The van der Waals surface area contributed by atoms with Gasteiger partial charge in [-0.15, -0.1) is 22.7 Å². The molecule has 11 heteroatoms. The fourth-order valence-corrected chi connectivity index (χ4v) is 3.88. The van der Waals surface area contributed by atoms with Crippen LogP contribution in [0.25, 0.3) is 0 Å². The molecule has 0 aliphatic rings. The molecule has 0 radical (unpaired) electrons. The van der Waals surface area contributed by atoms with Crippen LogP contribution in [0.4, 0.5) is 5.13 Å². The number of hydrogen-bond donors (Lipinski definition) is 4. The lowest BCUT2D eigenvalue weighted by Crippen LogP contribution is -2.42.